The van der Waals surface area contributed by atoms with Gasteiger partial charge >= 0.3 is 5.97 Å². The first-order valence-corrected chi connectivity index (χ1v) is 5.31. The molecular formula is C11H18N4O2. The number of aromatic carboxylic acids is 1. The van der Waals surface area contributed by atoms with Crippen LogP contribution in [0.5, 0.6) is 0 Å². The molecular weight excluding hydrogens is 220 g/mol. The Bertz CT molecular complexity index is 387. The number of nitrogens with one attached hydrogen (secondary N) is 1. The van der Waals surface area contributed by atoms with Gasteiger partial charge in [-0.05, 0) is 40.1 Å². The number of nitrogens with zero attached hydrogens (tertiary/aromatic N) is 3. The number of carboxylic acid groups (broad SMARTS) is 1. The van der Waals surface area contributed by atoms with Gasteiger partial charge in [0, 0.05) is 12.1 Å². The zero-order valence-electron chi connectivity index (χ0n) is 10.6. The summed E-state index contributed by atoms with van der Waals surface area (Å²) in [7, 11) is 4.00. The molecule has 1 rings (SSSR count). The van der Waals surface area contributed by atoms with Gasteiger partial charge in [0.05, 0.1) is 0 Å². The lowest BCUT2D eigenvalue weighted by molar-refractivity contribution is 0.0689. The van der Waals surface area contributed by atoms with Crippen LogP contribution in [-0.4, -0.2) is 52.4 Å². The number of carbonyl (C=O) groups is 1. The molecule has 0 saturated heterocycles. The van der Waals surface area contributed by atoms with Gasteiger partial charge in [0.25, 0.3) is 0 Å². The second kappa shape index (κ2) is 5.09. The minimum absolute atomic E-state index is 0.0207. The average Bonchev–Trinajstić information content (AvgIpc) is 2.27. The molecule has 0 spiro atoms. The van der Waals surface area contributed by atoms with E-state index < -0.39 is 5.97 Å². The van der Waals surface area contributed by atoms with E-state index in [1.807, 2.05) is 14.1 Å². The molecule has 0 aliphatic heterocycles. The quantitative estimate of drug-likeness (QED) is 0.794. The highest BCUT2D eigenvalue weighted by atomic mass is 16.4. The van der Waals surface area contributed by atoms with Crippen LogP contribution >= 0.6 is 0 Å². The van der Waals surface area contributed by atoms with Crippen molar-refractivity contribution in [3.05, 3.63) is 17.8 Å². The Morgan fingerprint density at radius 3 is 2.47 bits per heavy atom. The van der Waals surface area contributed by atoms with E-state index in [1.165, 1.54) is 6.07 Å². The average molecular weight is 238 g/mol. The Morgan fingerprint density at radius 1 is 1.41 bits per heavy atom. The van der Waals surface area contributed by atoms with E-state index in [0.29, 0.717) is 12.4 Å². The first-order chi connectivity index (χ1) is 7.83. The maximum absolute atomic E-state index is 10.6. The lowest BCUT2D eigenvalue weighted by Gasteiger charge is -2.32. The molecule has 1 heterocycles. The van der Waals surface area contributed by atoms with Gasteiger partial charge in [-0.2, -0.15) is 0 Å². The number of aromatic nitrogens is 2. The predicted molar refractivity (Wildman–Crippen MR) is 65.2 cm³/mol. The zero-order valence-corrected chi connectivity index (χ0v) is 10.6. The molecule has 0 fully saturated rings. The third-order valence-corrected chi connectivity index (χ3v) is 2.80. The van der Waals surface area contributed by atoms with Gasteiger partial charge in [0.2, 0.25) is 0 Å². The van der Waals surface area contributed by atoms with Crippen molar-refractivity contribution in [2.45, 2.75) is 19.4 Å². The van der Waals surface area contributed by atoms with Gasteiger partial charge in [-0.1, -0.05) is 0 Å². The van der Waals surface area contributed by atoms with Crippen LogP contribution in [0.1, 0.15) is 24.3 Å². The fourth-order valence-corrected chi connectivity index (χ4v) is 1.01. The summed E-state index contributed by atoms with van der Waals surface area (Å²) in [6, 6.07) is 3.04. The Labute approximate surface area is 101 Å². The number of anilines is 1. The summed E-state index contributed by atoms with van der Waals surface area (Å²) in [6.45, 7) is 4.89. The van der Waals surface area contributed by atoms with Crippen LogP contribution < -0.4 is 5.32 Å². The summed E-state index contributed by atoms with van der Waals surface area (Å²) < 4.78 is 0. The van der Waals surface area contributed by atoms with Crippen LogP contribution in [0, 0.1) is 0 Å². The molecule has 6 heteroatoms. The molecule has 0 atom stereocenters. The number of hydrogen-bond acceptors (Lipinski definition) is 5. The van der Waals surface area contributed by atoms with Crippen LogP contribution in [0.15, 0.2) is 12.1 Å². The van der Waals surface area contributed by atoms with Gasteiger partial charge < -0.3 is 15.3 Å². The largest absolute Gasteiger partial charge is 0.476 e. The van der Waals surface area contributed by atoms with Crippen molar-refractivity contribution in [1.82, 2.24) is 15.1 Å². The van der Waals surface area contributed by atoms with Crippen LogP contribution in [-0.2, 0) is 0 Å². The van der Waals surface area contributed by atoms with Crippen molar-refractivity contribution in [3.63, 3.8) is 0 Å². The summed E-state index contributed by atoms with van der Waals surface area (Å²) in [5.74, 6) is -0.498. The van der Waals surface area contributed by atoms with Crippen LogP contribution in [0.2, 0.25) is 0 Å². The van der Waals surface area contributed by atoms with Crippen LogP contribution in [0.3, 0.4) is 0 Å². The van der Waals surface area contributed by atoms with E-state index in [0.717, 1.165) is 0 Å². The second-order valence-electron chi connectivity index (χ2n) is 4.67. The molecule has 1 aromatic rings. The van der Waals surface area contributed by atoms with Crippen molar-refractivity contribution < 1.29 is 9.90 Å². The minimum atomic E-state index is -1.07. The maximum Gasteiger partial charge on any atom is 0.356 e. The van der Waals surface area contributed by atoms with Gasteiger partial charge in [-0.3, -0.25) is 0 Å². The summed E-state index contributed by atoms with van der Waals surface area (Å²) >= 11 is 0. The number of likely N-dealkylation sites (N-methyl/N-ethyl adjacent to an activating group) is 1. The normalized spacial score (nSPS) is 11.6. The maximum atomic E-state index is 10.6. The topological polar surface area (TPSA) is 78.4 Å². The molecule has 0 amide bonds. The van der Waals surface area contributed by atoms with E-state index >= 15 is 0 Å². The number of rotatable bonds is 5. The Hall–Kier alpha value is -1.69. The predicted octanol–water partition coefficient (Wildman–Crippen LogP) is 0.927. The molecule has 0 unspecified atom stereocenters. The lowest BCUT2D eigenvalue weighted by atomic mass is 10.0. The zero-order chi connectivity index (χ0) is 13.1. The van der Waals surface area contributed by atoms with Gasteiger partial charge in [0.1, 0.15) is 5.82 Å². The van der Waals surface area contributed by atoms with Gasteiger partial charge in [-0.15, -0.1) is 10.2 Å². The molecule has 0 aromatic carbocycles. The molecule has 0 aliphatic carbocycles. The minimum Gasteiger partial charge on any atom is -0.476 e. The van der Waals surface area contributed by atoms with Crippen molar-refractivity contribution in [1.29, 1.82) is 0 Å². The first kappa shape index (κ1) is 13.4. The first-order valence-electron chi connectivity index (χ1n) is 5.31. The summed E-state index contributed by atoms with van der Waals surface area (Å²) in [4.78, 5) is 12.7. The van der Waals surface area contributed by atoms with Gasteiger partial charge in [-0.25, -0.2) is 4.79 Å². The lowest BCUT2D eigenvalue weighted by Crippen LogP contribution is -2.44. The van der Waals surface area contributed by atoms with E-state index in [1.54, 1.807) is 6.07 Å². The highest BCUT2D eigenvalue weighted by molar-refractivity contribution is 5.85. The SMILES string of the molecule is CN(C)C(C)(C)CNc1ccc(C(=O)O)nn1. The van der Waals surface area contributed by atoms with E-state index in [4.69, 9.17) is 5.11 Å². The smallest absolute Gasteiger partial charge is 0.356 e. The van der Waals surface area contributed by atoms with E-state index in [9.17, 15) is 4.79 Å². The monoisotopic (exact) mass is 238 g/mol. The summed E-state index contributed by atoms with van der Waals surface area (Å²) in [6.07, 6.45) is 0. The molecule has 94 valence electrons. The van der Waals surface area contributed by atoms with Crippen LogP contribution in [0.4, 0.5) is 5.82 Å². The third kappa shape index (κ3) is 3.67. The highest BCUT2D eigenvalue weighted by Gasteiger charge is 2.20. The molecule has 0 radical (unpaired) electrons. The molecule has 6 nitrogen and oxygen atoms in total. The Morgan fingerprint density at radius 2 is 2.06 bits per heavy atom. The van der Waals surface area contributed by atoms with Crippen molar-refractivity contribution >= 4 is 11.8 Å². The fraction of sp³-hybridized carbons (Fsp3) is 0.545. The van der Waals surface area contributed by atoms with Crippen molar-refractivity contribution in [3.8, 4) is 0 Å². The molecule has 0 saturated carbocycles. The molecule has 0 bridgehead atoms. The van der Waals surface area contributed by atoms with Crippen LogP contribution in [0.25, 0.3) is 0 Å². The Kier molecular flexibility index (Phi) is 4.01. The number of carboxylic acids is 1. The van der Waals surface area contributed by atoms with Crippen molar-refractivity contribution in [2.24, 2.45) is 0 Å². The molecule has 2 N–H and O–H groups in total. The van der Waals surface area contributed by atoms with Crippen molar-refractivity contribution in [2.75, 3.05) is 26.0 Å². The third-order valence-electron chi connectivity index (χ3n) is 2.80. The standard InChI is InChI=1S/C11H18N4O2/c1-11(2,15(3)4)7-12-9-6-5-8(10(16)17)13-14-9/h5-6H,7H2,1-4H3,(H,12,14)(H,16,17). The summed E-state index contributed by atoms with van der Waals surface area (Å²) in [5, 5.41) is 19.2. The second-order valence-corrected chi connectivity index (χ2v) is 4.67. The van der Waals surface area contributed by atoms with E-state index in [2.05, 4.69) is 34.3 Å². The molecule has 17 heavy (non-hydrogen) atoms. The Balaban J connectivity index is 2.62. The van der Waals surface area contributed by atoms with Gasteiger partial charge in [0.15, 0.2) is 5.69 Å². The number of hydrogen-bond donors (Lipinski definition) is 2. The molecule has 0 aliphatic rings. The molecule has 1 aromatic heterocycles. The highest BCUT2D eigenvalue weighted by Crippen LogP contribution is 2.11. The summed E-state index contributed by atoms with van der Waals surface area (Å²) in [5.41, 5.74) is -0.0740. The fourth-order valence-electron chi connectivity index (χ4n) is 1.01. The van der Waals surface area contributed by atoms with E-state index in [-0.39, 0.29) is 11.2 Å².